The van der Waals surface area contributed by atoms with E-state index in [1.807, 2.05) is 20.8 Å². The molecule has 1 heterocycles. The number of nitrogens with two attached hydrogens (primary N) is 1. The fourth-order valence-electron chi connectivity index (χ4n) is 3.19. The number of ether oxygens (including phenoxy) is 1. The monoisotopic (exact) mass is 450 g/mol. The Morgan fingerprint density at radius 3 is 2.55 bits per heavy atom. The topological polar surface area (TPSA) is 110 Å². The number of unbranched alkanes of at least 4 members (excludes halogenated alkanes) is 3. The zero-order valence-corrected chi connectivity index (χ0v) is 19.1. The van der Waals surface area contributed by atoms with E-state index >= 15 is 0 Å². The highest BCUT2D eigenvalue weighted by atomic mass is 35.5. The maximum absolute atomic E-state index is 13.1. The fraction of sp³-hybridized carbons (Fsp3) is 0.500. The van der Waals surface area contributed by atoms with Crippen molar-refractivity contribution in [2.24, 2.45) is 0 Å². The lowest BCUT2D eigenvalue weighted by Crippen LogP contribution is -2.43. The summed E-state index contributed by atoms with van der Waals surface area (Å²) in [5.74, 6) is 0.0783. The predicted octanol–water partition coefficient (Wildman–Crippen LogP) is 3.48. The SMILES string of the molecule is CCCCCN(C(=O)COc1ccc(Cl)c(C)c1)c1c(N)n(CCCC)c(=O)[nH]c1=O. The van der Waals surface area contributed by atoms with Crippen LogP contribution in [0.25, 0.3) is 0 Å². The summed E-state index contributed by atoms with van der Waals surface area (Å²) in [6.45, 7) is 6.26. The lowest BCUT2D eigenvalue weighted by molar-refractivity contribution is -0.120. The number of aromatic nitrogens is 2. The van der Waals surface area contributed by atoms with Crippen molar-refractivity contribution >= 4 is 29.0 Å². The van der Waals surface area contributed by atoms with Gasteiger partial charge >= 0.3 is 5.69 Å². The maximum Gasteiger partial charge on any atom is 0.330 e. The molecule has 0 saturated carbocycles. The maximum atomic E-state index is 13.1. The van der Waals surface area contributed by atoms with E-state index < -0.39 is 17.2 Å². The number of carbonyl (C=O) groups is 1. The van der Waals surface area contributed by atoms with Crippen LogP contribution in [0.15, 0.2) is 27.8 Å². The van der Waals surface area contributed by atoms with Gasteiger partial charge in [0.15, 0.2) is 12.3 Å². The third-order valence-corrected chi connectivity index (χ3v) is 5.42. The molecule has 1 amide bonds. The Labute approximate surface area is 187 Å². The Morgan fingerprint density at radius 1 is 1.19 bits per heavy atom. The number of nitrogens with one attached hydrogen (secondary N) is 1. The number of halogens is 1. The van der Waals surface area contributed by atoms with Gasteiger partial charge in [0.1, 0.15) is 11.6 Å². The van der Waals surface area contributed by atoms with E-state index in [0.29, 0.717) is 30.3 Å². The van der Waals surface area contributed by atoms with Crippen molar-refractivity contribution in [3.63, 3.8) is 0 Å². The highest BCUT2D eigenvalue weighted by molar-refractivity contribution is 6.31. The van der Waals surface area contributed by atoms with Gasteiger partial charge in [0, 0.05) is 18.1 Å². The molecule has 0 aliphatic rings. The highest BCUT2D eigenvalue weighted by Gasteiger charge is 2.24. The van der Waals surface area contributed by atoms with Crippen molar-refractivity contribution in [3.8, 4) is 5.75 Å². The van der Waals surface area contributed by atoms with Crippen LogP contribution in [0.4, 0.5) is 11.5 Å². The third kappa shape index (κ3) is 6.37. The molecule has 2 rings (SSSR count). The zero-order valence-electron chi connectivity index (χ0n) is 18.4. The van der Waals surface area contributed by atoms with Crippen molar-refractivity contribution in [2.75, 3.05) is 23.8 Å². The average molecular weight is 451 g/mol. The molecule has 31 heavy (non-hydrogen) atoms. The molecule has 1 aromatic heterocycles. The van der Waals surface area contributed by atoms with Crippen molar-refractivity contribution in [2.45, 2.75) is 59.4 Å². The molecule has 0 fully saturated rings. The molecule has 1 aromatic carbocycles. The first-order valence-electron chi connectivity index (χ1n) is 10.6. The second-order valence-electron chi connectivity index (χ2n) is 7.45. The Hall–Kier alpha value is -2.74. The van der Waals surface area contributed by atoms with Gasteiger partial charge in [-0.15, -0.1) is 0 Å². The van der Waals surface area contributed by atoms with E-state index in [4.69, 9.17) is 22.1 Å². The normalized spacial score (nSPS) is 10.8. The van der Waals surface area contributed by atoms with Crippen molar-refractivity contribution in [1.82, 2.24) is 9.55 Å². The number of hydrogen-bond donors (Lipinski definition) is 2. The van der Waals surface area contributed by atoms with Crippen LogP contribution < -0.4 is 26.6 Å². The summed E-state index contributed by atoms with van der Waals surface area (Å²) in [4.78, 5) is 41.5. The van der Waals surface area contributed by atoms with Gasteiger partial charge in [-0.05, 0) is 43.5 Å². The summed E-state index contributed by atoms with van der Waals surface area (Å²) in [5, 5.41) is 0.605. The molecule has 0 radical (unpaired) electrons. The number of carbonyl (C=O) groups excluding carboxylic acids is 1. The van der Waals surface area contributed by atoms with Crippen LogP contribution in [-0.4, -0.2) is 28.6 Å². The van der Waals surface area contributed by atoms with Crippen LogP contribution in [0.3, 0.4) is 0 Å². The molecular formula is C22H31ClN4O4. The first-order chi connectivity index (χ1) is 14.8. The Bertz CT molecular complexity index is 1020. The number of rotatable bonds is 11. The molecule has 0 atom stereocenters. The van der Waals surface area contributed by atoms with Crippen LogP contribution in [0.5, 0.6) is 5.75 Å². The van der Waals surface area contributed by atoms with Gasteiger partial charge in [0.2, 0.25) is 0 Å². The summed E-state index contributed by atoms with van der Waals surface area (Å²) in [6.07, 6.45) is 4.10. The molecule has 3 N–H and O–H groups in total. The second-order valence-corrected chi connectivity index (χ2v) is 7.86. The molecule has 170 valence electrons. The minimum absolute atomic E-state index is 0.00520. The summed E-state index contributed by atoms with van der Waals surface area (Å²) < 4.78 is 6.95. The Morgan fingerprint density at radius 2 is 1.90 bits per heavy atom. The smallest absolute Gasteiger partial charge is 0.330 e. The molecule has 0 unspecified atom stereocenters. The minimum atomic E-state index is -0.678. The molecule has 0 bridgehead atoms. The van der Waals surface area contributed by atoms with Gasteiger partial charge in [0.25, 0.3) is 11.5 Å². The molecular weight excluding hydrogens is 420 g/mol. The van der Waals surface area contributed by atoms with Crippen LogP contribution >= 0.6 is 11.6 Å². The van der Waals surface area contributed by atoms with E-state index in [-0.39, 0.29) is 18.1 Å². The van der Waals surface area contributed by atoms with Gasteiger partial charge in [-0.25, -0.2) is 4.79 Å². The number of hydrogen-bond acceptors (Lipinski definition) is 5. The van der Waals surface area contributed by atoms with Gasteiger partial charge < -0.3 is 15.4 Å². The van der Waals surface area contributed by atoms with E-state index in [1.54, 1.807) is 18.2 Å². The van der Waals surface area contributed by atoms with Crippen molar-refractivity contribution in [3.05, 3.63) is 49.6 Å². The van der Waals surface area contributed by atoms with Crippen molar-refractivity contribution in [1.29, 1.82) is 0 Å². The first kappa shape index (κ1) is 24.5. The highest BCUT2D eigenvalue weighted by Crippen LogP contribution is 2.22. The van der Waals surface area contributed by atoms with Crippen LogP contribution in [-0.2, 0) is 11.3 Å². The molecule has 9 heteroatoms. The number of nitrogens with zero attached hydrogens (tertiary/aromatic N) is 2. The number of aromatic amines is 1. The molecule has 8 nitrogen and oxygen atoms in total. The molecule has 0 saturated heterocycles. The number of H-pyrrole nitrogens is 1. The van der Waals surface area contributed by atoms with Gasteiger partial charge in [-0.3, -0.25) is 19.1 Å². The lowest BCUT2D eigenvalue weighted by atomic mass is 10.2. The number of anilines is 2. The first-order valence-corrected chi connectivity index (χ1v) is 11.0. The third-order valence-electron chi connectivity index (χ3n) is 5.00. The quantitative estimate of drug-likeness (QED) is 0.509. The standard InChI is InChI=1S/C22H31ClN4O4/c1-4-6-8-12-26(18(28)14-31-16-9-10-17(23)15(3)13-16)19-20(24)27(11-7-5-2)22(30)25-21(19)29/h9-10,13H,4-8,11-12,14,24H2,1-3H3,(H,25,29,30). The molecule has 0 aliphatic carbocycles. The molecule has 0 aliphatic heterocycles. The number of benzene rings is 1. The summed E-state index contributed by atoms with van der Waals surface area (Å²) in [6, 6.07) is 5.11. The van der Waals surface area contributed by atoms with E-state index in [1.165, 1.54) is 9.47 Å². The zero-order chi connectivity index (χ0) is 23.0. The summed E-state index contributed by atoms with van der Waals surface area (Å²) >= 11 is 6.03. The van der Waals surface area contributed by atoms with Crippen LogP contribution in [0.1, 0.15) is 51.5 Å². The summed E-state index contributed by atoms with van der Waals surface area (Å²) in [5.41, 5.74) is 5.77. The molecule has 0 spiro atoms. The van der Waals surface area contributed by atoms with Gasteiger partial charge in [-0.1, -0.05) is 44.7 Å². The Kier molecular flexibility index (Phi) is 9.18. The summed E-state index contributed by atoms with van der Waals surface area (Å²) in [7, 11) is 0. The number of aryl methyl sites for hydroxylation is 1. The van der Waals surface area contributed by atoms with Crippen LogP contribution in [0, 0.1) is 6.92 Å². The largest absolute Gasteiger partial charge is 0.484 e. The molecule has 2 aromatic rings. The number of nitrogen functional groups attached to an aromatic ring is 1. The number of amides is 1. The van der Waals surface area contributed by atoms with Crippen LogP contribution in [0.2, 0.25) is 5.02 Å². The lowest BCUT2D eigenvalue weighted by Gasteiger charge is -2.24. The minimum Gasteiger partial charge on any atom is -0.484 e. The Balaban J connectivity index is 2.34. The van der Waals surface area contributed by atoms with Gasteiger partial charge in [0.05, 0.1) is 0 Å². The average Bonchev–Trinajstić information content (AvgIpc) is 2.73. The fourth-order valence-corrected chi connectivity index (χ4v) is 3.31. The second kappa shape index (κ2) is 11.6. The van der Waals surface area contributed by atoms with Crippen molar-refractivity contribution < 1.29 is 9.53 Å². The van der Waals surface area contributed by atoms with E-state index in [0.717, 1.165) is 31.2 Å². The van der Waals surface area contributed by atoms with E-state index in [2.05, 4.69) is 4.98 Å². The van der Waals surface area contributed by atoms with Gasteiger partial charge in [-0.2, -0.15) is 0 Å². The predicted molar refractivity (Wildman–Crippen MR) is 124 cm³/mol. The van der Waals surface area contributed by atoms with E-state index in [9.17, 15) is 14.4 Å².